The average Bonchev–Trinajstić information content (AvgIpc) is 2.39. The number of anilines is 1. The first kappa shape index (κ1) is 12.2. The normalized spacial score (nSPS) is 29.1. The molecule has 1 aromatic heterocycles. The number of halogens is 1. The molecule has 0 spiro atoms. The highest BCUT2D eigenvalue weighted by Gasteiger charge is 2.34. The Bertz CT molecular complexity index is 406. The largest absolute Gasteiger partial charge is 0.356 e. The Morgan fingerprint density at radius 3 is 2.94 bits per heavy atom. The second-order valence-electron chi connectivity index (χ2n) is 5.52. The molecule has 0 aromatic carbocycles. The molecule has 98 valence electrons. The Morgan fingerprint density at radius 1 is 1.28 bits per heavy atom. The van der Waals surface area contributed by atoms with Gasteiger partial charge in [-0.3, -0.25) is 0 Å². The fourth-order valence-electron chi connectivity index (χ4n) is 3.42. The summed E-state index contributed by atoms with van der Waals surface area (Å²) in [6, 6.07) is 4.75. The van der Waals surface area contributed by atoms with Crippen molar-refractivity contribution in [3.8, 4) is 0 Å². The van der Waals surface area contributed by atoms with Crippen molar-refractivity contribution in [2.24, 2.45) is 5.92 Å². The minimum atomic E-state index is 0.714. The van der Waals surface area contributed by atoms with Crippen LogP contribution in [0.1, 0.15) is 19.3 Å². The first-order chi connectivity index (χ1) is 8.74. The Kier molecular flexibility index (Phi) is 3.44. The predicted molar refractivity (Wildman–Crippen MR) is 75.2 cm³/mol. The smallest absolute Gasteiger partial charge is 0.128 e. The summed E-state index contributed by atoms with van der Waals surface area (Å²) in [5.74, 6) is 1.88. The number of aromatic nitrogens is 1. The summed E-state index contributed by atoms with van der Waals surface area (Å²) in [6.07, 6.45) is 5.69. The van der Waals surface area contributed by atoms with Crippen LogP contribution in [-0.2, 0) is 0 Å². The van der Waals surface area contributed by atoms with Crippen molar-refractivity contribution < 1.29 is 0 Å². The lowest BCUT2D eigenvalue weighted by Crippen LogP contribution is -2.52. The van der Waals surface area contributed by atoms with Gasteiger partial charge in [0.1, 0.15) is 5.82 Å². The van der Waals surface area contributed by atoms with Gasteiger partial charge in [0, 0.05) is 25.3 Å². The molecular weight excluding hydrogens is 246 g/mol. The van der Waals surface area contributed by atoms with E-state index in [4.69, 9.17) is 11.6 Å². The van der Waals surface area contributed by atoms with E-state index in [0.29, 0.717) is 5.02 Å². The van der Waals surface area contributed by atoms with Gasteiger partial charge in [0.2, 0.25) is 0 Å². The summed E-state index contributed by atoms with van der Waals surface area (Å²) in [6.45, 7) is 3.52. The van der Waals surface area contributed by atoms with Gasteiger partial charge in [-0.2, -0.15) is 0 Å². The lowest BCUT2D eigenvalue weighted by molar-refractivity contribution is 0.102. The van der Waals surface area contributed by atoms with Gasteiger partial charge in [-0.1, -0.05) is 11.6 Å². The number of hydrogen-bond acceptors (Lipinski definition) is 3. The number of rotatable bonds is 1. The zero-order chi connectivity index (χ0) is 12.5. The van der Waals surface area contributed by atoms with Crippen molar-refractivity contribution in [2.45, 2.75) is 25.3 Å². The van der Waals surface area contributed by atoms with Crippen LogP contribution < -0.4 is 4.90 Å². The highest BCUT2D eigenvalue weighted by atomic mass is 35.5. The first-order valence-electron chi connectivity index (χ1n) is 6.81. The van der Waals surface area contributed by atoms with Crippen LogP contribution in [-0.4, -0.2) is 42.6 Å². The Balaban J connectivity index is 1.72. The van der Waals surface area contributed by atoms with E-state index >= 15 is 0 Å². The number of piperidine rings is 2. The van der Waals surface area contributed by atoms with E-state index in [2.05, 4.69) is 21.8 Å². The van der Waals surface area contributed by atoms with Gasteiger partial charge in [0.05, 0.1) is 5.02 Å². The molecule has 2 saturated heterocycles. The van der Waals surface area contributed by atoms with E-state index in [0.717, 1.165) is 30.9 Å². The number of nitrogens with zero attached hydrogens (tertiary/aromatic N) is 3. The molecule has 3 nitrogen and oxygen atoms in total. The zero-order valence-electron chi connectivity index (χ0n) is 10.8. The zero-order valence-corrected chi connectivity index (χ0v) is 11.6. The van der Waals surface area contributed by atoms with Gasteiger partial charge in [0.25, 0.3) is 0 Å². The maximum absolute atomic E-state index is 5.89. The van der Waals surface area contributed by atoms with Crippen molar-refractivity contribution in [2.75, 3.05) is 31.6 Å². The van der Waals surface area contributed by atoms with Crippen LogP contribution in [0.25, 0.3) is 0 Å². The molecule has 0 bridgehead atoms. The van der Waals surface area contributed by atoms with Crippen LogP contribution in [0, 0.1) is 5.92 Å². The number of pyridine rings is 1. The molecule has 0 radical (unpaired) electrons. The molecule has 2 unspecified atom stereocenters. The molecule has 2 aliphatic rings. The molecule has 0 aliphatic carbocycles. The quantitative estimate of drug-likeness (QED) is 0.778. The van der Waals surface area contributed by atoms with Gasteiger partial charge in [-0.25, -0.2) is 4.98 Å². The number of likely N-dealkylation sites (tertiary alicyclic amines) is 1. The molecule has 4 heteroatoms. The predicted octanol–water partition coefficient (Wildman–Crippen LogP) is 2.66. The summed E-state index contributed by atoms with van der Waals surface area (Å²) in [7, 11) is 2.27. The van der Waals surface area contributed by atoms with Crippen LogP contribution in [0.15, 0.2) is 18.3 Å². The van der Waals surface area contributed by atoms with Crippen molar-refractivity contribution >= 4 is 17.4 Å². The maximum atomic E-state index is 5.89. The SMILES string of the molecule is CN1CCCC2CN(c3ccc(Cl)cn3)CCC21. The maximum Gasteiger partial charge on any atom is 0.128 e. The fraction of sp³-hybridized carbons (Fsp3) is 0.643. The lowest BCUT2D eigenvalue weighted by atomic mass is 9.84. The summed E-state index contributed by atoms with van der Waals surface area (Å²) in [4.78, 5) is 9.39. The van der Waals surface area contributed by atoms with E-state index in [1.807, 2.05) is 12.1 Å². The van der Waals surface area contributed by atoms with E-state index in [1.165, 1.54) is 25.8 Å². The van der Waals surface area contributed by atoms with E-state index in [9.17, 15) is 0 Å². The van der Waals surface area contributed by atoms with Gasteiger partial charge < -0.3 is 9.80 Å². The third kappa shape index (κ3) is 2.34. The van der Waals surface area contributed by atoms with Crippen molar-refractivity contribution in [3.63, 3.8) is 0 Å². The monoisotopic (exact) mass is 265 g/mol. The fourth-order valence-corrected chi connectivity index (χ4v) is 3.53. The van der Waals surface area contributed by atoms with E-state index < -0.39 is 0 Å². The average molecular weight is 266 g/mol. The van der Waals surface area contributed by atoms with Gasteiger partial charge in [0.15, 0.2) is 0 Å². The number of hydrogen-bond donors (Lipinski definition) is 0. The summed E-state index contributed by atoms with van der Waals surface area (Å²) in [5, 5.41) is 0.714. The molecule has 0 amide bonds. The Hall–Kier alpha value is -0.800. The minimum absolute atomic E-state index is 0.714. The van der Waals surface area contributed by atoms with Gasteiger partial charge in [-0.05, 0) is 50.9 Å². The topological polar surface area (TPSA) is 19.4 Å². The van der Waals surface area contributed by atoms with E-state index in [-0.39, 0.29) is 0 Å². The molecule has 2 aliphatic heterocycles. The Morgan fingerprint density at radius 2 is 2.17 bits per heavy atom. The highest BCUT2D eigenvalue weighted by molar-refractivity contribution is 6.30. The van der Waals surface area contributed by atoms with Crippen LogP contribution in [0.3, 0.4) is 0 Å². The molecular formula is C14H20ClN3. The van der Waals surface area contributed by atoms with Crippen molar-refractivity contribution in [3.05, 3.63) is 23.4 Å². The second kappa shape index (κ2) is 5.06. The van der Waals surface area contributed by atoms with E-state index in [1.54, 1.807) is 6.20 Å². The first-order valence-corrected chi connectivity index (χ1v) is 7.18. The molecule has 0 saturated carbocycles. The Labute approximate surface area is 114 Å². The molecule has 18 heavy (non-hydrogen) atoms. The molecule has 0 N–H and O–H groups in total. The summed E-state index contributed by atoms with van der Waals surface area (Å²) in [5.41, 5.74) is 0. The second-order valence-corrected chi connectivity index (χ2v) is 5.96. The summed E-state index contributed by atoms with van der Waals surface area (Å²) < 4.78 is 0. The highest BCUT2D eigenvalue weighted by Crippen LogP contribution is 2.31. The van der Waals surface area contributed by atoms with Crippen LogP contribution in [0.4, 0.5) is 5.82 Å². The molecule has 2 atom stereocenters. The molecule has 1 aromatic rings. The molecule has 2 fully saturated rings. The van der Waals surface area contributed by atoms with Crippen LogP contribution >= 0.6 is 11.6 Å². The van der Waals surface area contributed by atoms with Crippen molar-refractivity contribution in [1.82, 2.24) is 9.88 Å². The minimum Gasteiger partial charge on any atom is -0.356 e. The third-order valence-electron chi connectivity index (χ3n) is 4.38. The standard InChI is InChI=1S/C14H20ClN3/c1-17-7-2-3-11-10-18(8-6-13(11)17)14-5-4-12(15)9-16-14/h4-5,9,11,13H,2-3,6-8,10H2,1H3. The van der Waals surface area contributed by atoms with Gasteiger partial charge in [-0.15, -0.1) is 0 Å². The van der Waals surface area contributed by atoms with Crippen molar-refractivity contribution in [1.29, 1.82) is 0 Å². The third-order valence-corrected chi connectivity index (χ3v) is 4.61. The number of fused-ring (bicyclic) bond motifs is 1. The summed E-state index contributed by atoms with van der Waals surface area (Å²) >= 11 is 5.89. The van der Waals surface area contributed by atoms with Crippen LogP contribution in [0.5, 0.6) is 0 Å². The van der Waals surface area contributed by atoms with Crippen LogP contribution in [0.2, 0.25) is 5.02 Å². The molecule has 3 heterocycles. The lowest BCUT2D eigenvalue weighted by Gasteiger charge is -2.46. The molecule has 3 rings (SSSR count). The van der Waals surface area contributed by atoms with Gasteiger partial charge >= 0.3 is 0 Å².